The summed E-state index contributed by atoms with van der Waals surface area (Å²) in [5, 5.41) is 4.27. The molecule has 1 aromatic carbocycles. The summed E-state index contributed by atoms with van der Waals surface area (Å²) < 4.78 is 6.66. The lowest BCUT2D eigenvalue weighted by Gasteiger charge is -2.22. The Bertz CT molecular complexity index is 394. The predicted molar refractivity (Wildman–Crippen MR) is 84.1 cm³/mol. The highest BCUT2D eigenvalue weighted by Gasteiger charge is 2.11. The summed E-state index contributed by atoms with van der Waals surface area (Å²) in [6.45, 7) is 1.74. The lowest BCUT2D eigenvalue weighted by atomic mass is 9.95. The van der Waals surface area contributed by atoms with Gasteiger partial charge in [0.2, 0.25) is 0 Å². The van der Waals surface area contributed by atoms with Gasteiger partial charge < -0.3 is 10.1 Å². The van der Waals surface area contributed by atoms with Crippen molar-refractivity contribution in [2.75, 3.05) is 13.2 Å². The maximum atomic E-state index is 6.09. The van der Waals surface area contributed by atoms with Gasteiger partial charge in [-0.25, -0.2) is 0 Å². The zero-order valence-corrected chi connectivity index (χ0v) is 13.5. The molecule has 19 heavy (non-hydrogen) atoms. The van der Waals surface area contributed by atoms with Crippen molar-refractivity contribution < 1.29 is 4.74 Å². The molecule has 1 saturated carbocycles. The zero-order chi connectivity index (χ0) is 13.5. The van der Waals surface area contributed by atoms with Crippen LogP contribution in [-0.2, 0) is 0 Å². The molecule has 0 spiro atoms. The Morgan fingerprint density at radius 2 is 2.05 bits per heavy atom. The number of benzene rings is 1. The molecule has 0 bridgehead atoms. The van der Waals surface area contributed by atoms with E-state index >= 15 is 0 Å². The lowest BCUT2D eigenvalue weighted by Crippen LogP contribution is -2.32. The molecule has 1 N–H and O–H groups in total. The zero-order valence-electron chi connectivity index (χ0n) is 11.1. The molecule has 2 nitrogen and oxygen atoms in total. The van der Waals surface area contributed by atoms with Crippen molar-refractivity contribution >= 4 is 27.5 Å². The van der Waals surface area contributed by atoms with E-state index in [2.05, 4.69) is 21.2 Å². The summed E-state index contributed by atoms with van der Waals surface area (Å²) in [7, 11) is 0. The van der Waals surface area contributed by atoms with Crippen LogP contribution in [-0.4, -0.2) is 19.2 Å². The molecule has 4 heteroatoms. The number of rotatable bonds is 6. The van der Waals surface area contributed by atoms with E-state index < -0.39 is 0 Å². The third-order valence-electron chi connectivity index (χ3n) is 3.51. The van der Waals surface area contributed by atoms with Gasteiger partial charge in [0.15, 0.2) is 0 Å². The molecule has 106 valence electrons. The van der Waals surface area contributed by atoms with Gasteiger partial charge in [0.05, 0.1) is 11.6 Å². The minimum absolute atomic E-state index is 0.662. The second-order valence-corrected chi connectivity index (χ2v) is 6.39. The minimum atomic E-state index is 0.662. The average molecular weight is 347 g/mol. The van der Waals surface area contributed by atoms with Crippen LogP contribution in [0.1, 0.15) is 38.5 Å². The smallest absolute Gasteiger partial charge is 0.137 e. The Balaban J connectivity index is 1.61. The molecular weight excluding hydrogens is 326 g/mol. The molecule has 0 aromatic heterocycles. The Labute approximate surface area is 129 Å². The Morgan fingerprint density at radius 3 is 2.79 bits per heavy atom. The number of hydrogen-bond donors (Lipinski definition) is 1. The molecule has 0 unspecified atom stereocenters. The first-order valence-corrected chi connectivity index (χ1v) is 8.24. The van der Waals surface area contributed by atoms with Gasteiger partial charge in [-0.3, -0.25) is 0 Å². The van der Waals surface area contributed by atoms with E-state index in [9.17, 15) is 0 Å². The van der Waals surface area contributed by atoms with E-state index in [1.807, 2.05) is 18.2 Å². The van der Waals surface area contributed by atoms with Crippen molar-refractivity contribution in [1.29, 1.82) is 0 Å². The van der Waals surface area contributed by atoms with Gasteiger partial charge >= 0.3 is 0 Å². The average Bonchev–Trinajstić information content (AvgIpc) is 2.42. The van der Waals surface area contributed by atoms with Crippen LogP contribution in [0, 0.1) is 0 Å². The third kappa shape index (κ3) is 5.33. The topological polar surface area (TPSA) is 21.3 Å². The number of nitrogens with one attached hydrogen (secondary N) is 1. The Hall–Kier alpha value is -0.250. The van der Waals surface area contributed by atoms with Gasteiger partial charge in [-0.05, 0) is 44.0 Å². The fourth-order valence-corrected chi connectivity index (χ4v) is 3.19. The number of ether oxygens (including phenoxy) is 1. The van der Waals surface area contributed by atoms with Gasteiger partial charge in [0.25, 0.3) is 0 Å². The van der Waals surface area contributed by atoms with Crippen molar-refractivity contribution in [1.82, 2.24) is 5.32 Å². The molecule has 1 aliphatic carbocycles. The van der Waals surface area contributed by atoms with Crippen LogP contribution >= 0.6 is 27.5 Å². The van der Waals surface area contributed by atoms with Crippen LogP contribution in [0.3, 0.4) is 0 Å². The molecule has 0 atom stereocenters. The number of hydrogen-bond acceptors (Lipinski definition) is 2. The molecule has 0 saturated heterocycles. The summed E-state index contributed by atoms with van der Waals surface area (Å²) in [5.74, 6) is 0.766. The quantitative estimate of drug-likeness (QED) is 0.747. The van der Waals surface area contributed by atoms with Gasteiger partial charge in [-0.2, -0.15) is 0 Å². The van der Waals surface area contributed by atoms with E-state index in [4.69, 9.17) is 16.3 Å². The van der Waals surface area contributed by atoms with E-state index in [0.717, 1.165) is 29.2 Å². The van der Waals surface area contributed by atoms with Gasteiger partial charge in [-0.1, -0.05) is 46.8 Å². The summed E-state index contributed by atoms with van der Waals surface area (Å²) in [6, 6.07) is 6.43. The second-order valence-electron chi connectivity index (χ2n) is 5.07. The van der Waals surface area contributed by atoms with Crippen LogP contribution in [0.4, 0.5) is 0 Å². The first kappa shape index (κ1) is 15.1. The van der Waals surface area contributed by atoms with Crippen molar-refractivity contribution in [3.63, 3.8) is 0 Å². The third-order valence-corrected chi connectivity index (χ3v) is 4.30. The van der Waals surface area contributed by atoms with Crippen LogP contribution in [0.25, 0.3) is 0 Å². The summed E-state index contributed by atoms with van der Waals surface area (Å²) in [6.07, 6.45) is 7.84. The van der Waals surface area contributed by atoms with Crippen LogP contribution < -0.4 is 10.1 Å². The number of halogens is 2. The Kier molecular flexibility index (Phi) is 6.48. The van der Waals surface area contributed by atoms with Crippen molar-refractivity contribution in [3.8, 4) is 5.75 Å². The summed E-state index contributed by atoms with van der Waals surface area (Å²) in [5.41, 5.74) is 0. The van der Waals surface area contributed by atoms with Gasteiger partial charge in [0.1, 0.15) is 5.75 Å². The largest absolute Gasteiger partial charge is 0.492 e. The van der Waals surface area contributed by atoms with Gasteiger partial charge in [0, 0.05) is 10.5 Å². The van der Waals surface area contributed by atoms with E-state index in [0.29, 0.717) is 11.6 Å². The maximum Gasteiger partial charge on any atom is 0.137 e. The van der Waals surface area contributed by atoms with Crippen LogP contribution in [0.5, 0.6) is 5.75 Å². The standard InChI is InChI=1S/C15H21BrClNO/c16-12-7-8-15(14(17)11-12)19-10-4-9-18-13-5-2-1-3-6-13/h7-8,11,13,18H,1-6,9-10H2. The monoisotopic (exact) mass is 345 g/mol. The van der Waals surface area contributed by atoms with Crippen LogP contribution in [0.2, 0.25) is 5.02 Å². The molecule has 0 heterocycles. The predicted octanol–water partition coefficient (Wildman–Crippen LogP) is 4.79. The highest BCUT2D eigenvalue weighted by Crippen LogP contribution is 2.27. The highest BCUT2D eigenvalue weighted by atomic mass is 79.9. The molecule has 0 radical (unpaired) electrons. The maximum absolute atomic E-state index is 6.09. The highest BCUT2D eigenvalue weighted by molar-refractivity contribution is 9.10. The fraction of sp³-hybridized carbons (Fsp3) is 0.600. The van der Waals surface area contributed by atoms with Crippen molar-refractivity contribution in [3.05, 3.63) is 27.7 Å². The van der Waals surface area contributed by atoms with Crippen LogP contribution in [0.15, 0.2) is 22.7 Å². The van der Waals surface area contributed by atoms with Crippen molar-refractivity contribution in [2.45, 2.75) is 44.6 Å². The summed E-state index contributed by atoms with van der Waals surface area (Å²) in [4.78, 5) is 0. The fourth-order valence-electron chi connectivity index (χ4n) is 2.46. The summed E-state index contributed by atoms with van der Waals surface area (Å²) >= 11 is 9.48. The van der Waals surface area contributed by atoms with Gasteiger partial charge in [-0.15, -0.1) is 0 Å². The molecular formula is C15H21BrClNO. The first-order chi connectivity index (χ1) is 9.25. The Morgan fingerprint density at radius 1 is 1.26 bits per heavy atom. The first-order valence-electron chi connectivity index (χ1n) is 7.07. The normalized spacial score (nSPS) is 16.5. The van der Waals surface area contributed by atoms with E-state index in [1.54, 1.807) is 0 Å². The molecule has 2 rings (SSSR count). The molecule has 0 aliphatic heterocycles. The van der Waals surface area contributed by atoms with E-state index in [1.165, 1.54) is 32.1 Å². The molecule has 0 amide bonds. The molecule has 1 aromatic rings. The van der Waals surface area contributed by atoms with Crippen molar-refractivity contribution in [2.24, 2.45) is 0 Å². The second kappa shape index (κ2) is 8.13. The lowest BCUT2D eigenvalue weighted by molar-refractivity contribution is 0.297. The minimum Gasteiger partial charge on any atom is -0.492 e. The molecule has 1 aliphatic rings. The molecule has 1 fully saturated rings. The SMILES string of the molecule is Clc1cc(Br)ccc1OCCCNC1CCCCC1. The van der Waals surface area contributed by atoms with E-state index in [-0.39, 0.29) is 0 Å².